The molecular weight excluding hydrogens is 533 g/mol. The van der Waals surface area contributed by atoms with Gasteiger partial charge in [-0.25, -0.2) is 9.38 Å². The Morgan fingerprint density at radius 2 is 1.98 bits per heavy atom. The maximum absolute atomic E-state index is 12.9. The minimum atomic E-state index is -1.21. The van der Waals surface area contributed by atoms with Crippen molar-refractivity contribution < 1.29 is 24.5 Å². The van der Waals surface area contributed by atoms with Crippen molar-refractivity contribution >= 4 is 5.84 Å². The fourth-order valence-electron chi connectivity index (χ4n) is 4.57. The third-order valence-electron chi connectivity index (χ3n) is 6.85. The summed E-state index contributed by atoms with van der Waals surface area (Å²) >= 11 is 0. The zero-order valence-corrected chi connectivity index (χ0v) is 26.3. The molecule has 0 aromatic heterocycles. The van der Waals surface area contributed by atoms with Gasteiger partial charge in [-0.2, -0.15) is 5.48 Å². The quantitative estimate of drug-likeness (QED) is 0.0434. The first-order chi connectivity index (χ1) is 19.9. The molecule has 4 unspecified atom stereocenters. The molecule has 1 aliphatic heterocycles. The topological polar surface area (TPSA) is 97.6 Å². The molecule has 0 saturated carbocycles. The summed E-state index contributed by atoms with van der Waals surface area (Å²) in [6, 6.07) is -0.357. The van der Waals surface area contributed by atoms with Gasteiger partial charge in [0, 0.05) is 31.9 Å². The third kappa shape index (κ3) is 12.3. The number of unbranched alkanes of at least 4 members (excludes halogenated alkanes) is 1. The predicted octanol–water partition coefficient (Wildman–Crippen LogP) is 7.63. The van der Waals surface area contributed by atoms with E-state index < -0.39 is 11.8 Å². The molecule has 7 nitrogen and oxygen atoms in total. The van der Waals surface area contributed by atoms with Crippen molar-refractivity contribution in [2.45, 2.75) is 97.4 Å². The summed E-state index contributed by atoms with van der Waals surface area (Å²) in [5, 5.41) is 32.1. The molecule has 234 valence electrons. The fraction of sp³-hybridized carbons (Fsp3) is 0.500. The molecule has 0 spiro atoms. The molecule has 1 aliphatic rings. The molecule has 8 heteroatoms. The highest BCUT2D eigenvalue weighted by atomic mass is 19.1. The van der Waals surface area contributed by atoms with Crippen molar-refractivity contribution in [3.05, 3.63) is 96.5 Å². The summed E-state index contributed by atoms with van der Waals surface area (Å²) < 4.78 is 12.9. The second-order valence-electron chi connectivity index (χ2n) is 11.0. The Morgan fingerprint density at radius 3 is 2.55 bits per heavy atom. The molecule has 4 N–H and O–H groups in total. The van der Waals surface area contributed by atoms with Crippen molar-refractivity contribution in [3.8, 4) is 0 Å². The Bertz CT molecular complexity index is 1090. The third-order valence-corrected chi connectivity index (χ3v) is 6.85. The van der Waals surface area contributed by atoms with Crippen LogP contribution in [0.2, 0.25) is 0 Å². The Balaban J connectivity index is 3.35. The van der Waals surface area contributed by atoms with Crippen LogP contribution < -0.4 is 5.48 Å². The Labute approximate surface area is 252 Å². The summed E-state index contributed by atoms with van der Waals surface area (Å²) in [6.07, 6.45) is 17.9. The average Bonchev–Trinajstić information content (AvgIpc) is 2.92. The number of hydroxylamine groups is 1. The van der Waals surface area contributed by atoms with Gasteiger partial charge in [0.15, 0.2) is 12.0 Å². The van der Waals surface area contributed by atoms with Crippen LogP contribution in [0.3, 0.4) is 0 Å². The molecule has 0 radical (unpaired) electrons. The first-order valence-electron chi connectivity index (χ1n) is 14.6. The molecule has 0 fully saturated rings. The number of rotatable bonds is 18. The summed E-state index contributed by atoms with van der Waals surface area (Å²) in [5.74, 6) is 1.22. The van der Waals surface area contributed by atoms with Gasteiger partial charge < -0.3 is 25.1 Å². The number of halogens is 1. The van der Waals surface area contributed by atoms with Gasteiger partial charge in [0.25, 0.3) is 0 Å². The van der Waals surface area contributed by atoms with Gasteiger partial charge in [0.2, 0.25) is 0 Å². The largest absolute Gasteiger partial charge is 0.513 e. The second-order valence-corrected chi connectivity index (χ2v) is 11.0. The first kappa shape index (κ1) is 36.8. The maximum atomic E-state index is 12.9. The lowest BCUT2D eigenvalue weighted by atomic mass is 9.95. The van der Waals surface area contributed by atoms with E-state index in [1.165, 1.54) is 11.6 Å². The van der Waals surface area contributed by atoms with Gasteiger partial charge in [-0.15, -0.1) is 6.58 Å². The summed E-state index contributed by atoms with van der Waals surface area (Å²) in [5.41, 5.74) is 3.95. The standard InChI is InChI=1S/C34H52FN3O4/c1-9-28(18-15-23-35)38-32(19-12-11-17-27(6)39)37-30(29(10-2)33(38)40)24-26(5)20-21-31(42-36-8)34(7,41)22-14-13-16-25(3)4/h9-10,13-16,21,23-24,26,28,33,36,39-41H,1,6,11-12,17-20,22H2,2-5,7-8H3/b14-13-,23-15+,29-10+,30-24+,31-21-. The molecule has 0 amide bonds. The molecule has 0 bridgehead atoms. The summed E-state index contributed by atoms with van der Waals surface area (Å²) in [6.45, 7) is 17.1. The Hall–Kier alpha value is -3.20. The van der Waals surface area contributed by atoms with Crippen LogP contribution in [0.1, 0.15) is 79.6 Å². The summed E-state index contributed by atoms with van der Waals surface area (Å²) in [4.78, 5) is 12.4. The van der Waals surface area contributed by atoms with Crippen molar-refractivity contribution in [1.82, 2.24) is 10.4 Å². The molecule has 0 aliphatic carbocycles. The fourth-order valence-corrected chi connectivity index (χ4v) is 4.57. The van der Waals surface area contributed by atoms with Gasteiger partial charge in [0.05, 0.1) is 23.8 Å². The lowest BCUT2D eigenvalue weighted by Gasteiger charge is -2.41. The van der Waals surface area contributed by atoms with Gasteiger partial charge in [-0.3, -0.25) is 0 Å². The number of amidine groups is 1. The van der Waals surface area contributed by atoms with Crippen molar-refractivity contribution in [3.63, 3.8) is 0 Å². The van der Waals surface area contributed by atoms with Gasteiger partial charge in [-0.05, 0) is 65.4 Å². The van der Waals surface area contributed by atoms with E-state index in [2.05, 4.69) is 18.6 Å². The predicted molar refractivity (Wildman–Crippen MR) is 172 cm³/mol. The van der Waals surface area contributed by atoms with Crippen LogP contribution in [0.5, 0.6) is 0 Å². The minimum absolute atomic E-state index is 0.00597. The zero-order valence-electron chi connectivity index (χ0n) is 26.3. The molecular formula is C34H52FN3O4. The smallest absolute Gasteiger partial charge is 0.156 e. The van der Waals surface area contributed by atoms with Crippen molar-refractivity contribution in [2.75, 3.05) is 7.05 Å². The van der Waals surface area contributed by atoms with Crippen LogP contribution >= 0.6 is 0 Å². The van der Waals surface area contributed by atoms with Crippen molar-refractivity contribution in [1.29, 1.82) is 0 Å². The van der Waals surface area contributed by atoms with E-state index in [-0.39, 0.29) is 17.7 Å². The highest BCUT2D eigenvalue weighted by Crippen LogP contribution is 2.32. The minimum Gasteiger partial charge on any atom is -0.513 e. The van der Waals surface area contributed by atoms with Crippen molar-refractivity contribution in [2.24, 2.45) is 10.9 Å². The van der Waals surface area contributed by atoms with Crippen LogP contribution in [-0.2, 0) is 4.84 Å². The monoisotopic (exact) mass is 585 g/mol. The normalized spacial score (nSPS) is 21.0. The van der Waals surface area contributed by atoms with Gasteiger partial charge >= 0.3 is 0 Å². The first-order valence-corrected chi connectivity index (χ1v) is 14.6. The molecule has 0 saturated heterocycles. The molecule has 42 heavy (non-hydrogen) atoms. The molecule has 0 aromatic rings. The van der Waals surface area contributed by atoms with E-state index in [4.69, 9.17) is 9.83 Å². The number of hydrogen-bond acceptors (Lipinski definition) is 7. The van der Waals surface area contributed by atoms with E-state index >= 15 is 0 Å². The number of allylic oxidation sites excluding steroid dienone is 7. The van der Waals surface area contributed by atoms with E-state index in [0.29, 0.717) is 61.3 Å². The van der Waals surface area contributed by atoms with Crippen LogP contribution in [-0.4, -0.2) is 51.0 Å². The number of aliphatic hydroxyl groups is 3. The van der Waals surface area contributed by atoms with Gasteiger partial charge in [0.1, 0.15) is 11.4 Å². The molecule has 4 atom stereocenters. The number of aliphatic hydroxyl groups excluding tert-OH is 2. The van der Waals surface area contributed by atoms with E-state index in [1.807, 2.05) is 64.2 Å². The van der Waals surface area contributed by atoms with Gasteiger partial charge in [-0.1, -0.05) is 61.6 Å². The average molecular weight is 586 g/mol. The van der Waals surface area contributed by atoms with Crippen LogP contribution in [0, 0.1) is 5.92 Å². The highest BCUT2D eigenvalue weighted by Gasteiger charge is 2.33. The van der Waals surface area contributed by atoms with Crippen LogP contribution in [0.25, 0.3) is 0 Å². The zero-order chi connectivity index (χ0) is 31.7. The number of nitrogens with zero attached hydrogens (tertiary/aromatic N) is 2. The Kier molecular flexibility index (Phi) is 16.7. The molecule has 1 rings (SSSR count). The molecule has 1 heterocycles. The van der Waals surface area contributed by atoms with E-state index in [0.717, 1.165) is 12.8 Å². The SMILES string of the molecule is C=CC(C/C=C/F)N1C(CCCCC(=C)O)=NC(=C/C(C)C/C=C(\ONC)C(C)(O)C/C=C\C=C(C)C)/C(=C\C)C1O. The Morgan fingerprint density at radius 1 is 1.26 bits per heavy atom. The summed E-state index contributed by atoms with van der Waals surface area (Å²) in [7, 11) is 1.65. The number of aliphatic imine (C=N–C) groups is 1. The lowest BCUT2D eigenvalue weighted by Crippen LogP contribution is -2.49. The van der Waals surface area contributed by atoms with Crippen LogP contribution in [0.4, 0.5) is 4.39 Å². The van der Waals surface area contributed by atoms with Crippen LogP contribution in [0.15, 0.2) is 101 Å². The number of nitrogens with one attached hydrogen (secondary N) is 1. The highest BCUT2D eigenvalue weighted by molar-refractivity contribution is 5.86. The van der Waals surface area contributed by atoms with E-state index in [9.17, 15) is 19.7 Å². The number of hydrogen-bond donors (Lipinski definition) is 4. The maximum Gasteiger partial charge on any atom is 0.156 e. The molecule has 0 aromatic carbocycles. The second kappa shape index (κ2) is 19.1. The lowest BCUT2D eigenvalue weighted by molar-refractivity contribution is -0.00226. The van der Waals surface area contributed by atoms with E-state index in [1.54, 1.807) is 24.9 Å².